The lowest BCUT2D eigenvalue weighted by molar-refractivity contribution is -0.884. The SMILES string of the molecule is CCCC/C=C\CCCCCCCCCC/C=C\CCCCCOC[C@H](COP(=O)([O-])C(CC)[N+](C)(C)C)OC(C)(C)C. The van der Waals surface area contributed by atoms with Crippen LogP contribution in [0.3, 0.4) is 0 Å². The molecule has 0 aliphatic rings. The van der Waals surface area contributed by atoms with E-state index in [1.807, 2.05) is 48.8 Å². The summed E-state index contributed by atoms with van der Waals surface area (Å²) in [6.07, 6.45) is 31.2. The highest BCUT2D eigenvalue weighted by Crippen LogP contribution is 2.47. The molecule has 0 aliphatic carbocycles. The molecule has 0 aromatic rings. The van der Waals surface area contributed by atoms with E-state index in [0.29, 0.717) is 24.1 Å². The van der Waals surface area contributed by atoms with Gasteiger partial charge in [0.05, 0.1) is 40.0 Å². The first-order valence-corrected chi connectivity index (χ1v) is 19.3. The summed E-state index contributed by atoms with van der Waals surface area (Å²) in [5.41, 5.74) is -0.411. The third kappa shape index (κ3) is 26.4. The van der Waals surface area contributed by atoms with Gasteiger partial charge in [-0.3, -0.25) is 0 Å². The molecule has 6 nitrogen and oxygen atoms in total. The van der Waals surface area contributed by atoms with Crippen LogP contribution < -0.4 is 4.89 Å². The molecular weight excluding hydrogens is 557 g/mol. The fourth-order valence-electron chi connectivity index (χ4n) is 5.32. The van der Waals surface area contributed by atoms with Gasteiger partial charge in [-0.15, -0.1) is 0 Å². The molecule has 0 bridgehead atoms. The van der Waals surface area contributed by atoms with Crippen molar-refractivity contribution in [3.8, 4) is 0 Å². The summed E-state index contributed by atoms with van der Waals surface area (Å²) >= 11 is 0. The van der Waals surface area contributed by atoms with E-state index in [0.717, 1.165) is 19.3 Å². The predicted molar refractivity (Wildman–Crippen MR) is 184 cm³/mol. The number of hydrogen-bond acceptors (Lipinski definition) is 5. The van der Waals surface area contributed by atoms with E-state index in [1.54, 1.807) is 0 Å². The van der Waals surface area contributed by atoms with Crippen molar-refractivity contribution >= 4 is 7.60 Å². The standard InChI is InChI=1S/C36H72NO5P/c1-9-11-12-13-14-15-16-17-18-19-20-21-22-23-24-25-26-27-28-29-30-31-40-32-34(42-36(3,4)5)33-41-43(38,39)35(10-2)37(6,7)8/h13-14,25-26,34-35H,9-12,15-24,27-33H2,1-8H3/b14-13-,26-25-/t34-,35?/m1/s1. The van der Waals surface area contributed by atoms with E-state index in [1.165, 1.54) is 89.9 Å². The Bertz CT molecular complexity index is 741. The smallest absolute Gasteiger partial charge is 0.193 e. The maximum absolute atomic E-state index is 12.8. The average molecular weight is 630 g/mol. The van der Waals surface area contributed by atoms with E-state index >= 15 is 0 Å². The molecule has 0 aromatic heterocycles. The highest BCUT2D eigenvalue weighted by Gasteiger charge is 2.34. The number of hydrogen-bond donors (Lipinski definition) is 0. The summed E-state index contributed by atoms with van der Waals surface area (Å²) in [6, 6.07) is 0. The monoisotopic (exact) mass is 630 g/mol. The van der Waals surface area contributed by atoms with E-state index in [-0.39, 0.29) is 6.61 Å². The van der Waals surface area contributed by atoms with Crippen LogP contribution in [-0.4, -0.2) is 62.9 Å². The van der Waals surface area contributed by atoms with Crippen LogP contribution in [0.4, 0.5) is 0 Å². The maximum Gasteiger partial charge on any atom is 0.193 e. The highest BCUT2D eigenvalue weighted by molar-refractivity contribution is 7.51. The Morgan fingerprint density at radius 1 is 0.698 bits per heavy atom. The molecule has 0 saturated carbocycles. The molecular formula is C36H72NO5P. The Kier molecular flexibility index (Phi) is 25.4. The second kappa shape index (κ2) is 25.7. The van der Waals surface area contributed by atoms with Crippen LogP contribution in [0.1, 0.15) is 150 Å². The molecule has 7 heteroatoms. The van der Waals surface area contributed by atoms with Gasteiger partial charge in [0.2, 0.25) is 0 Å². The second-order valence-electron chi connectivity index (χ2n) is 14.1. The number of unbranched alkanes of at least 4 members (excludes halogenated alkanes) is 14. The molecule has 0 N–H and O–H groups in total. The van der Waals surface area contributed by atoms with E-state index < -0.39 is 25.1 Å². The zero-order valence-corrected chi connectivity index (χ0v) is 30.6. The number of quaternary nitrogens is 1. The predicted octanol–water partition coefficient (Wildman–Crippen LogP) is 9.96. The lowest BCUT2D eigenvalue weighted by Crippen LogP contribution is -2.47. The molecule has 0 rings (SSSR count). The molecule has 0 aliphatic heterocycles. The number of allylic oxidation sites excluding steroid dienone is 4. The lowest BCUT2D eigenvalue weighted by Gasteiger charge is -2.41. The van der Waals surface area contributed by atoms with Crippen molar-refractivity contribution in [2.24, 2.45) is 0 Å². The molecule has 0 radical (unpaired) electrons. The minimum atomic E-state index is -4.05. The van der Waals surface area contributed by atoms with Gasteiger partial charge in [-0.25, -0.2) is 0 Å². The van der Waals surface area contributed by atoms with Gasteiger partial charge in [-0.05, 0) is 72.1 Å². The van der Waals surface area contributed by atoms with Gasteiger partial charge in [0.25, 0.3) is 0 Å². The summed E-state index contributed by atoms with van der Waals surface area (Å²) in [5.74, 6) is -0.588. The van der Waals surface area contributed by atoms with Crippen molar-refractivity contribution in [1.82, 2.24) is 0 Å². The molecule has 0 amide bonds. The normalized spacial score (nSPS) is 15.8. The fraction of sp³-hybridized carbons (Fsp3) is 0.889. The van der Waals surface area contributed by atoms with E-state index in [4.69, 9.17) is 14.0 Å². The van der Waals surface area contributed by atoms with Crippen LogP contribution in [0.2, 0.25) is 0 Å². The zero-order chi connectivity index (χ0) is 32.5. The zero-order valence-electron chi connectivity index (χ0n) is 29.7. The first-order valence-electron chi connectivity index (χ1n) is 17.7. The van der Waals surface area contributed by atoms with Gasteiger partial charge in [-0.2, -0.15) is 0 Å². The molecule has 0 saturated heterocycles. The van der Waals surface area contributed by atoms with Crippen LogP contribution in [0.25, 0.3) is 0 Å². The first kappa shape index (κ1) is 42.5. The van der Waals surface area contributed by atoms with Gasteiger partial charge in [0.15, 0.2) is 13.4 Å². The first-order chi connectivity index (χ1) is 20.3. The van der Waals surface area contributed by atoms with Gasteiger partial charge < -0.3 is 27.9 Å². The van der Waals surface area contributed by atoms with Gasteiger partial charge in [-0.1, -0.05) is 95.9 Å². The third-order valence-electron chi connectivity index (χ3n) is 7.60. The van der Waals surface area contributed by atoms with Gasteiger partial charge in [0.1, 0.15) is 6.10 Å². The molecule has 0 fully saturated rings. The Labute approximate surface area is 268 Å². The molecule has 3 atom stereocenters. The van der Waals surface area contributed by atoms with Crippen LogP contribution >= 0.6 is 7.60 Å². The van der Waals surface area contributed by atoms with Gasteiger partial charge in [0, 0.05) is 13.0 Å². The molecule has 0 aromatic carbocycles. The summed E-state index contributed by atoms with van der Waals surface area (Å²) in [4.78, 5) is 12.8. The summed E-state index contributed by atoms with van der Waals surface area (Å²) in [7, 11) is 1.59. The Morgan fingerprint density at radius 2 is 1.14 bits per heavy atom. The molecule has 256 valence electrons. The Balaban J connectivity index is 3.87. The number of ether oxygens (including phenoxy) is 2. The molecule has 2 unspecified atom stereocenters. The molecule has 43 heavy (non-hydrogen) atoms. The van der Waals surface area contributed by atoms with E-state index in [2.05, 4.69) is 31.2 Å². The van der Waals surface area contributed by atoms with Gasteiger partial charge >= 0.3 is 0 Å². The topological polar surface area (TPSA) is 67.8 Å². The number of nitrogens with zero attached hydrogens (tertiary/aromatic N) is 1. The van der Waals surface area contributed by atoms with Crippen molar-refractivity contribution in [3.63, 3.8) is 0 Å². The Morgan fingerprint density at radius 3 is 1.56 bits per heavy atom. The molecule has 0 spiro atoms. The second-order valence-corrected chi connectivity index (χ2v) is 16.0. The fourth-order valence-corrected chi connectivity index (χ4v) is 7.16. The number of rotatable bonds is 29. The van der Waals surface area contributed by atoms with Crippen LogP contribution in [0.15, 0.2) is 24.3 Å². The van der Waals surface area contributed by atoms with Crippen LogP contribution in [0.5, 0.6) is 0 Å². The summed E-state index contributed by atoms with van der Waals surface area (Å²) in [5, 5.41) is 0. The van der Waals surface area contributed by atoms with Crippen molar-refractivity contribution in [1.29, 1.82) is 0 Å². The van der Waals surface area contributed by atoms with E-state index in [9.17, 15) is 9.46 Å². The van der Waals surface area contributed by atoms with Crippen LogP contribution in [0, 0.1) is 0 Å². The molecule has 0 heterocycles. The average Bonchev–Trinajstić information content (AvgIpc) is 2.90. The van der Waals surface area contributed by atoms with Crippen molar-refractivity contribution in [2.75, 3.05) is 41.0 Å². The minimum absolute atomic E-state index is 0.0172. The summed E-state index contributed by atoms with van der Waals surface area (Å²) in [6.45, 7) is 11.0. The maximum atomic E-state index is 12.8. The quantitative estimate of drug-likeness (QED) is 0.0356. The van der Waals surface area contributed by atoms with Crippen LogP contribution in [-0.2, 0) is 18.6 Å². The lowest BCUT2D eigenvalue weighted by atomic mass is 10.1. The Hall–Kier alpha value is -0.490. The van der Waals surface area contributed by atoms with Crippen molar-refractivity contribution in [3.05, 3.63) is 24.3 Å². The minimum Gasteiger partial charge on any atom is -0.774 e. The third-order valence-corrected chi connectivity index (χ3v) is 9.89. The largest absolute Gasteiger partial charge is 0.774 e. The van der Waals surface area contributed by atoms with Crippen molar-refractivity contribution < 1.29 is 27.9 Å². The highest BCUT2D eigenvalue weighted by atomic mass is 31.2. The van der Waals surface area contributed by atoms with Crippen molar-refractivity contribution in [2.45, 2.75) is 168 Å². The summed E-state index contributed by atoms with van der Waals surface area (Å²) < 4.78 is 30.6.